The van der Waals surface area contributed by atoms with Crippen molar-refractivity contribution in [2.45, 2.75) is 129 Å². The van der Waals surface area contributed by atoms with Gasteiger partial charge in [-0.2, -0.15) is 0 Å². The van der Waals surface area contributed by atoms with Crippen LogP contribution in [-0.2, 0) is 36.9 Å². The van der Waals surface area contributed by atoms with E-state index in [0.717, 1.165) is 24.0 Å². The van der Waals surface area contributed by atoms with Crippen molar-refractivity contribution in [3.8, 4) is 0 Å². The Balaban J connectivity index is 2.02. The lowest BCUT2D eigenvalue weighted by molar-refractivity contribution is -0.156. The van der Waals surface area contributed by atoms with Gasteiger partial charge in [-0.05, 0) is 24.0 Å². The van der Waals surface area contributed by atoms with Crippen molar-refractivity contribution in [1.82, 2.24) is 4.90 Å². The number of hydrogen-bond donors (Lipinski definition) is 0. The monoisotopic (exact) mass is 579 g/mol. The summed E-state index contributed by atoms with van der Waals surface area (Å²) in [6.07, 6.45) is 13.0. The molecular weight excluding hydrogens is 526 g/mol. The summed E-state index contributed by atoms with van der Waals surface area (Å²) in [5.41, 5.74) is 2.19. The van der Waals surface area contributed by atoms with Gasteiger partial charge in [0, 0.05) is 39.8 Å². The number of nitrogens with zero attached hydrogens (tertiary/aromatic N) is 1. The zero-order valence-corrected chi connectivity index (χ0v) is 26.2. The van der Waals surface area contributed by atoms with Gasteiger partial charge in [-0.15, -0.1) is 0 Å². The van der Waals surface area contributed by atoms with Gasteiger partial charge in [0.25, 0.3) is 0 Å². The Morgan fingerprint density at radius 2 is 1.17 bits per heavy atom. The van der Waals surface area contributed by atoms with Crippen molar-refractivity contribution < 1.29 is 23.9 Å². The first-order valence-corrected chi connectivity index (χ1v) is 16.0. The summed E-state index contributed by atoms with van der Waals surface area (Å²) in [4.78, 5) is 39.1. The van der Waals surface area contributed by atoms with Gasteiger partial charge < -0.3 is 9.47 Å². The average Bonchev–Trinajstić information content (AvgIpc) is 2.97. The summed E-state index contributed by atoms with van der Waals surface area (Å²) < 4.78 is 11.3. The minimum Gasteiger partial charge on any atom is -0.464 e. The van der Waals surface area contributed by atoms with Crippen LogP contribution in [0.5, 0.6) is 0 Å². The number of unbranched alkanes of at least 4 members (excludes halogenated alkanes) is 9. The highest BCUT2D eigenvalue weighted by Gasteiger charge is 2.32. The van der Waals surface area contributed by atoms with Crippen LogP contribution in [0.25, 0.3) is 0 Å². The van der Waals surface area contributed by atoms with Gasteiger partial charge in [0.05, 0.1) is 6.04 Å². The molecule has 0 aliphatic carbocycles. The van der Waals surface area contributed by atoms with Crippen LogP contribution in [0.2, 0.25) is 0 Å². The molecule has 0 amide bonds. The fourth-order valence-electron chi connectivity index (χ4n) is 5.36. The largest absolute Gasteiger partial charge is 0.464 e. The quantitative estimate of drug-likeness (QED) is 0.0976. The van der Waals surface area contributed by atoms with Crippen LogP contribution in [0.4, 0.5) is 0 Å². The van der Waals surface area contributed by atoms with E-state index in [2.05, 4.69) is 36.1 Å². The molecular formula is C36H53NO5. The summed E-state index contributed by atoms with van der Waals surface area (Å²) in [5, 5.41) is 0. The van der Waals surface area contributed by atoms with Crippen LogP contribution in [-0.4, -0.2) is 41.4 Å². The Labute approximate surface area is 254 Å². The van der Waals surface area contributed by atoms with E-state index in [0.29, 0.717) is 32.4 Å². The standard InChI is InChI=1S/C36H53NO5/c1-4-5-6-7-8-9-10-11-12-19-24-34(40)25-26-36(42-31(3)39)35(29-41-30(2)38)37(27-32-20-15-13-16-21-32)28-33-22-17-14-18-23-33/h13-18,20-23,35-36H,4-12,19,24-29H2,1-3H3/t35-,36+/m0/s1. The molecule has 0 aromatic heterocycles. The third-order valence-corrected chi connectivity index (χ3v) is 7.65. The number of ketones is 1. The molecule has 0 fully saturated rings. The summed E-state index contributed by atoms with van der Waals surface area (Å²) in [7, 11) is 0. The highest BCUT2D eigenvalue weighted by atomic mass is 16.6. The van der Waals surface area contributed by atoms with Gasteiger partial charge in [0.15, 0.2) is 0 Å². The van der Waals surface area contributed by atoms with Gasteiger partial charge >= 0.3 is 11.9 Å². The van der Waals surface area contributed by atoms with E-state index in [4.69, 9.17) is 9.47 Å². The van der Waals surface area contributed by atoms with Crippen LogP contribution in [0.1, 0.15) is 115 Å². The zero-order chi connectivity index (χ0) is 30.4. The highest BCUT2D eigenvalue weighted by Crippen LogP contribution is 2.22. The first-order valence-electron chi connectivity index (χ1n) is 16.0. The average molecular weight is 580 g/mol. The maximum Gasteiger partial charge on any atom is 0.302 e. The van der Waals surface area contributed by atoms with Crippen LogP contribution in [0.3, 0.4) is 0 Å². The minimum atomic E-state index is -0.592. The molecule has 42 heavy (non-hydrogen) atoms. The maximum absolute atomic E-state index is 12.9. The molecule has 6 nitrogen and oxygen atoms in total. The summed E-state index contributed by atoms with van der Waals surface area (Å²) in [6.45, 7) is 6.23. The van der Waals surface area contributed by atoms with E-state index in [9.17, 15) is 14.4 Å². The number of carbonyl (C=O) groups is 3. The van der Waals surface area contributed by atoms with Crippen molar-refractivity contribution >= 4 is 17.7 Å². The molecule has 2 atom stereocenters. The second kappa shape index (κ2) is 21.7. The van der Waals surface area contributed by atoms with Crippen molar-refractivity contribution in [3.05, 3.63) is 71.8 Å². The molecule has 0 spiro atoms. The molecule has 0 radical (unpaired) electrons. The fourth-order valence-corrected chi connectivity index (χ4v) is 5.36. The smallest absolute Gasteiger partial charge is 0.302 e. The SMILES string of the molecule is CCCCCCCCCCCCC(=O)CC[C@@H](OC(C)=O)[C@H](COC(C)=O)N(Cc1ccccc1)Cc1ccccc1. The Hall–Kier alpha value is -2.99. The van der Waals surface area contributed by atoms with Gasteiger partial charge in [0.1, 0.15) is 18.5 Å². The predicted molar refractivity (Wildman–Crippen MR) is 169 cm³/mol. The number of rotatable bonds is 23. The maximum atomic E-state index is 12.9. The van der Waals surface area contributed by atoms with Gasteiger partial charge in [-0.3, -0.25) is 19.3 Å². The molecule has 6 heteroatoms. The molecule has 0 saturated carbocycles. The summed E-state index contributed by atoms with van der Waals surface area (Å²) in [6, 6.07) is 19.7. The molecule has 2 rings (SSSR count). The second-order valence-corrected chi connectivity index (χ2v) is 11.4. The molecule has 0 saturated heterocycles. The third kappa shape index (κ3) is 15.9. The lowest BCUT2D eigenvalue weighted by atomic mass is 9.99. The molecule has 2 aromatic carbocycles. The number of carbonyl (C=O) groups excluding carboxylic acids is 3. The molecule has 2 aromatic rings. The van der Waals surface area contributed by atoms with Crippen LogP contribution < -0.4 is 0 Å². The van der Waals surface area contributed by atoms with E-state index in [1.165, 1.54) is 65.2 Å². The Morgan fingerprint density at radius 3 is 1.64 bits per heavy atom. The Kier molecular flexibility index (Phi) is 18.2. The van der Waals surface area contributed by atoms with E-state index < -0.39 is 24.1 Å². The van der Waals surface area contributed by atoms with E-state index in [1.807, 2.05) is 36.4 Å². The number of Topliss-reactive ketones (excluding diaryl/α,β-unsaturated/α-hetero) is 1. The highest BCUT2D eigenvalue weighted by molar-refractivity contribution is 5.78. The van der Waals surface area contributed by atoms with E-state index in [-0.39, 0.29) is 12.4 Å². The number of benzene rings is 2. The molecule has 0 N–H and O–H groups in total. The second-order valence-electron chi connectivity index (χ2n) is 11.4. The molecule has 232 valence electrons. The lowest BCUT2D eigenvalue weighted by Gasteiger charge is -2.36. The predicted octanol–water partition coefficient (Wildman–Crippen LogP) is 8.21. The van der Waals surface area contributed by atoms with Crippen molar-refractivity contribution in [3.63, 3.8) is 0 Å². The number of esters is 2. The van der Waals surface area contributed by atoms with Crippen molar-refractivity contribution in [2.75, 3.05) is 6.61 Å². The van der Waals surface area contributed by atoms with Crippen molar-refractivity contribution in [1.29, 1.82) is 0 Å². The minimum absolute atomic E-state index is 0.0690. The normalized spacial score (nSPS) is 12.6. The van der Waals surface area contributed by atoms with E-state index >= 15 is 0 Å². The third-order valence-electron chi connectivity index (χ3n) is 7.65. The van der Waals surface area contributed by atoms with Gasteiger partial charge in [-0.1, -0.05) is 125 Å². The van der Waals surface area contributed by atoms with Gasteiger partial charge in [0.2, 0.25) is 0 Å². The van der Waals surface area contributed by atoms with Crippen LogP contribution >= 0.6 is 0 Å². The number of ether oxygens (including phenoxy) is 2. The van der Waals surface area contributed by atoms with Crippen LogP contribution in [0, 0.1) is 0 Å². The summed E-state index contributed by atoms with van der Waals surface area (Å²) in [5.74, 6) is -0.608. The lowest BCUT2D eigenvalue weighted by Crippen LogP contribution is -2.48. The van der Waals surface area contributed by atoms with Gasteiger partial charge in [-0.25, -0.2) is 0 Å². The fraction of sp³-hybridized carbons (Fsp3) is 0.583. The first kappa shape index (κ1) is 35.2. The molecule has 0 bridgehead atoms. The van der Waals surface area contributed by atoms with Crippen LogP contribution in [0.15, 0.2) is 60.7 Å². The van der Waals surface area contributed by atoms with Crippen molar-refractivity contribution in [2.24, 2.45) is 0 Å². The first-order chi connectivity index (χ1) is 20.4. The van der Waals surface area contributed by atoms with E-state index in [1.54, 1.807) is 0 Å². The molecule has 0 heterocycles. The zero-order valence-electron chi connectivity index (χ0n) is 26.2. The topological polar surface area (TPSA) is 72.9 Å². The Bertz CT molecular complexity index is 968. The summed E-state index contributed by atoms with van der Waals surface area (Å²) >= 11 is 0. The molecule has 0 unspecified atom stereocenters. The number of hydrogen-bond acceptors (Lipinski definition) is 6. The molecule has 0 aliphatic heterocycles. The molecule has 0 aliphatic rings. The Morgan fingerprint density at radius 1 is 0.667 bits per heavy atom.